The lowest BCUT2D eigenvalue weighted by molar-refractivity contribution is -0.143. The topological polar surface area (TPSA) is 111 Å². The van der Waals surface area contributed by atoms with Gasteiger partial charge in [-0.1, -0.05) is 69.2 Å². The lowest BCUT2D eigenvalue weighted by atomic mass is 9.94. The van der Waals surface area contributed by atoms with Crippen LogP contribution in [-0.4, -0.2) is 89.8 Å². The standard InChI is InChI=1S/C39H57N5O5/c1-5-42(6-2)37(46)32-17-14-24-44(27-32)38(47)35(26-30-18-20-33(21-19-30)49-28-31-15-10-9-11-16-31)40-36(45)34(25-29(3)4)41-39(48)43-22-12-7-8-13-23-43/h9-11,15-16,18-21,29,32,34-35H,5-8,12-14,17,22-28H2,1-4H3,(H,40,45)(H,41,48). The minimum absolute atomic E-state index is 0.0717. The van der Waals surface area contributed by atoms with E-state index in [1.807, 2.05) is 87.2 Å². The Morgan fingerprint density at radius 3 is 2.08 bits per heavy atom. The van der Waals surface area contributed by atoms with Gasteiger partial charge in [0.15, 0.2) is 0 Å². The van der Waals surface area contributed by atoms with Crippen molar-refractivity contribution < 1.29 is 23.9 Å². The summed E-state index contributed by atoms with van der Waals surface area (Å²) in [5, 5.41) is 6.05. The zero-order valence-electron chi connectivity index (χ0n) is 30.0. The summed E-state index contributed by atoms with van der Waals surface area (Å²) >= 11 is 0. The van der Waals surface area contributed by atoms with Gasteiger partial charge in [0.05, 0.1) is 5.92 Å². The lowest BCUT2D eigenvalue weighted by Gasteiger charge is -2.36. The van der Waals surface area contributed by atoms with Crippen molar-refractivity contribution in [2.45, 2.75) is 97.8 Å². The number of hydrogen-bond acceptors (Lipinski definition) is 5. The molecule has 10 heteroatoms. The second kappa shape index (κ2) is 19.2. The number of carbonyl (C=O) groups is 4. The van der Waals surface area contributed by atoms with E-state index < -0.39 is 12.1 Å². The highest BCUT2D eigenvalue weighted by molar-refractivity contribution is 5.92. The number of piperidine rings is 1. The number of carbonyl (C=O) groups excluding carboxylic acids is 4. The molecule has 0 aromatic heterocycles. The number of amides is 5. The highest BCUT2D eigenvalue weighted by Gasteiger charge is 2.35. The Hall–Kier alpha value is -4.08. The van der Waals surface area contributed by atoms with Gasteiger partial charge in [-0.3, -0.25) is 14.4 Å². The third kappa shape index (κ3) is 11.5. The first-order valence-electron chi connectivity index (χ1n) is 18.4. The zero-order chi connectivity index (χ0) is 35.2. The third-order valence-electron chi connectivity index (χ3n) is 9.60. The first-order valence-corrected chi connectivity index (χ1v) is 18.4. The van der Waals surface area contributed by atoms with Crippen LogP contribution >= 0.6 is 0 Å². The van der Waals surface area contributed by atoms with E-state index in [9.17, 15) is 19.2 Å². The summed E-state index contributed by atoms with van der Waals surface area (Å²) in [5.41, 5.74) is 1.94. The smallest absolute Gasteiger partial charge is 0.318 e. The summed E-state index contributed by atoms with van der Waals surface area (Å²) in [6.45, 7) is 11.9. The van der Waals surface area contributed by atoms with Gasteiger partial charge in [0.2, 0.25) is 17.7 Å². The fourth-order valence-corrected chi connectivity index (χ4v) is 6.78. The molecule has 2 heterocycles. The van der Waals surface area contributed by atoms with Gasteiger partial charge in [0, 0.05) is 45.7 Å². The number of hydrogen-bond donors (Lipinski definition) is 2. The van der Waals surface area contributed by atoms with E-state index in [0.29, 0.717) is 58.0 Å². The van der Waals surface area contributed by atoms with Crippen molar-refractivity contribution in [2.75, 3.05) is 39.3 Å². The van der Waals surface area contributed by atoms with E-state index in [-0.39, 0.29) is 42.0 Å². The summed E-state index contributed by atoms with van der Waals surface area (Å²) in [6, 6.07) is 15.7. The Labute approximate surface area is 292 Å². The van der Waals surface area contributed by atoms with Gasteiger partial charge < -0.3 is 30.1 Å². The van der Waals surface area contributed by atoms with Gasteiger partial charge in [0.25, 0.3) is 0 Å². The van der Waals surface area contributed by atoms with Gasteiger partial charge in [-0.15, -0.1) is 0 Å². The molecule has 0 spiro atoms. The van der Waals surface area contributed by atoms with Crippen molar-refractivity contribution >= 4 is 23.8 Å². The van der Waals surface area contributed by atoms with Crippen LogP contribution in [0, 0.1) is 11.8 Å². The second-order valence-corrected chi connectivity index (χ2v) is 13.9. The Bertz CT molecular complexity index is 1340. The molecule has 3 unspecified atom stereocenters. The monoisotopic (exact) mass is 675 g/mol. The fourth-order valence-electron chi connectivity index (χ4n) is 6.78. The molecule has 5 amide bonds. The molecular formula is C39H57N5O5. The maximum atomic E-state index is 14.3. The molecule has 2 aromatic carbocycles. The lowest BCUT2D eigenvalue weighted by Crippen LogP contribution is -2.58. The largest absolute Gasteiger partial charge is 0.489 e. The Morgan fingerprint density at radius 1 is 0.796 bits per heavy atom. The first kappa shape index (κ1) is 37.7. The maximum absolute atomic E-state index is 14.3. The normalized spacial score (nSPS) is 17.9. The van der Waals surface area contributed by atoms with Crippen molar-refractivity contribution in [1.29, 1.82) is 0 Å². The first-order chi connectivity index (χ1) is 23.7. The van der Waals surface area contributed by atoms with Crippen molar-refractivity contribution in [3.8, 4) is 5.75 Å². The molecule has 0 radical (unpaired) electrons. The molecule has 2 aliphatic heterocycles. The second-order valence-electron chi connectivity index (χ2n) is 13.9. The zero-order valence-corrected chi connectivity index (χ0v) is 30.0. The number of ether oxygens (including phenoxy) is 1. The van der Waals surface area contributed by atoms with Gasteiger partial charge in [-0.25, -0.2) is 4.79 Å². The number of likely N-dealkylation sites (tertiary alicyclic amines) is 2. The minimum Gasteiger partial charge on any atom is -0.489 e. The molecule has 2 aliphatic rings. The summed E-state index contributed by atoms with van der Waals surface area (Å²) < 4.78 is 5.97. The van der Waals surface area contributed by atoms with Gasteiger partial charge in [-0.05, 0) is 75.1 Å². The maximum Gasteiger partial charge on any atom is 0.318 e. The Morgan fingerprint density at radius 2 is 1.45 bits per heavy atom. The van der Waals surface area contributed by atoms with E-state index in [1.54, 1.807) is 9.80 Å². The van der Waals surface area contributed by atoms with Crippen molar-refractivity contribution in [2.24, 2.45) is 11.8 Å². The number of rotatable bonds is 14. The highest BCUT2D eigenvalue weighted by atomic mass is 16.5. The van der Waals surface area contributed by atoms with Crippen LogP contribution in [-0.2, 0) is 27.4 Å². The van der Waals surface area contributed by atoms with Crippen LogP contribution in [0.3, 0.4) is 0 Å². The van der Waals surface area contributed by atoms with Gasteiger partial charge in [-0.2, -0.15) is 0 Å². The minimum atomic E-state index is -0.865. The van der Waals surface area contributed by atoms with Crippen molar-refractivity contribution in [3.63, 3.8) is 0 Å². The van der Waals surface area contributed by atoms with Crippen LogP contribution < -0.4 is 15.4 Å². The summed E-state index contributed by atoms with van der Waals surface area (Å²) in [6.07, 6.45) is 6.28. The molecule has 2 saturated heterocycles. The van der Waals surface area contributed by atoms with Crippen molar-refractivity contribution in [3.05, 3.63) is 65.7 Å². The Balaban J connectivity index is 1.51. The molecule has 3 atom stereocenters. The molecule has 2 fully saturated rings. The van der Waals surface area contributed by atoms with Gasteiger partial charge >= 0.3 is 6.03 Å². The van der Waals surface area contributed by atoms with Crippen LogP contribution in [0.2, 0.25) is 0 Å². The molecule has 49 heavy (non-hydrogen) atoms. The van der Waals surface area contributed by atoms with E-state index in [0.717, 1.165) is 49.7 Å². The summed E-state index contributed by atoms with van der Waals surface area (Å²) in [4.78, 5) is 60.1. The summed E-state index contributed by atoms with van der Waals surface area (Å²) in [7, 11) is 0. The van der Waals surface area contributed by atoms with Crippen LogP contribution in [0.5, 0.6) is 5.75 Å². The van der Waals surface area contributed by atoms with Crippen LogP contribution in [0.1, 0.15) is 83.8 Å². The van der Waals surface area contributed by atoms with E-state index >= 15 is 0 Å². The molecule has 2 N–H and O–H groups in total. The average molecular weight is 676 g/mol. The fraction of sp³-hybridized carbons (Fsp3) is 0.590. The predicted octanol–water partition coefficient (Wildman–Crippen LogP) is 5.40. The quantitative estimate of drug-likeness (QED) is 0.279. The van der Waals surface area contributed by atoms with Crippen molar-refractivity contribution in [1.82, 2.24) is 25.3 Å². The molecule has 0 aliphatic carbocycles. The molecule has 10 nitrogen and oxygen atoms in total. The van der Waals surface area contributed by atoms with Crippen LogP contribution in [0.4, 0.5) is 4.79 Å². The molecule has 4 rings (SSSR count). The third-order valence-corrected chi connectivity index (χ3v) is 9.60. The van der Waals surface area contributed by atoms with E-state index in [2.05, 4.69) is 10.6 Å². The van der Waals surface area contributed by atoms with E-state index in [4.69, 9.17) is 4.74 Å². The molecule has 0 bridgehead atoms. The molecule has 2 aromatic rings. The average Bonchev–Trinajstić information content (AvgIpc) is 3.41. The van der Waals surface area contributed by atoms with Crippen LogP contribution in [0.25, 0.3) is 0 Å². The van der Waals surface area contributed by atoms with Crippen LogP contribution in [0.15, 0.2) is 54.6 Å². The predicted molar refractivity (Wildman–Crippen MR) is 192 cm³/mol. The summed E-state index contributed by atoms with van der Waals surface area (Å²) in [5.74, 6) is 0.0787. The number of urea groups is 1. The number of nitrogens with zero attached hydrogens (tertiary/aromatic N) is 3. The molecular weight excluding hydrogens is 618 g/mol. The Kier molecular flexibility index (Phi) is 14.8. The SMILES string of the molecule is CCN(CC)C(=O)C1CCCN(C(=O)C(Cc2ccc(OCc3ccccc3)cc2)NC(=O)C(CC(C)C)NC(=O)N2CCCCCC2)C1. The molecule has 268 valence electrons. The molecule has 0 saturated carbocycles. The van der Waals surface area contributed by atoms with E-state index in [1.165, 1.54) is 0 Å². The van der Waals surface area contributed by atoms with Gasteiger partial charge in [0.1, 0.15) is 24.4 Å². The number of nitrogens with one attached hydrogen (secondary N) is 2. The highest BCUT2D eigenvalue weighted by Crippen LogP contribution is 2.22. The number of benzene rings is 2.